The zero-order valence-corrected chi connectivity index (χ0v) is 14.8. The molecule has 1 atom stereocenters. The number of H-pyrrole nitrogens is 1. The first kappa shape index (κ1) is 15.9. The number of piperidine rings is 1. The first-order valence-corrected chi connectivity index (χ1v) is 9.07. The van der Waals surface area contributed by atoms with Crippen LogP contribution in [0.1, 0.15) is 61.5 Å². The number of hydrogen-bond acceptors (Lipinski definition) is 2. The third kappa shape index (κ3) is 2.84. The maximum absolute atomic E-state index is 13.2. The molecule has 2 aromatic heterocycles. The van der Waals surface area contributed by atoms with Gasteiger partial charge in [-0.15, -0.1) is 0 Å². The number of aromatic nitrogens is 3. The van der Waals surface area contributed by atoms with Gasteiger partial charge in [-0.05, 0) is 57.4 Å². The van der Waals surface area contributed by atoms with E-state index in [4.69, 9.17) is 4.98 Å². The second kappa shape index (κ2) is 6.39. The van der Waals surface area contributed by atoms with Gasteiger partial charge in [-0.1, -0.05) is 12.1 Å². The van der Waals surface area contributed by atoms with Crippen molar-refractivity contribution in [3.8, 4) is 0 Å². The van der Waals surface area contributed by atoms with Crippen LogP contribution >= 0.6 is 0 Å². The second-order valence-electron chi connectivity index (χ2n) is 7.04. The molecular weight excluding hydrogens is 312 g/mol. The van der Waals surface area contributed by atoms with E-state index in [1.807, 2.05) is 52.1 Å². The molecule has 0 aliphatic carbocycles. The van der Waals surface area contributed by atoms with E-state index in [0.29, 0.717) is 0 Å². The minimum Gasteiger partial charge on any atom is -0.341 e. The summed E-state index contributed by atoms with van der Waals surface area (Å²) in [4.78, 5) is 23.4. The van der Waals surface area contributed by atoms with E-state index in [1.165, 1.54) is 0 Å². The highest BCUT2D eigenvalue weighted by molar-refractivity contribution is 5.93. The summed E-state index contributed by atoms with van der Waals surface area (Å²) in [5.41, 5.74) is 2.75. The van der Waals surface area contributed by atoms with E-state index in [-0.39, 0.29) is 18.0 Å². The molecule has 1 saturated heterocycles. The topological polar surface area (TPSA) is 53.9 Å². The van der Waals surface area contributed by atoms with Crippen molar-refractivity contribution >= 4 is 16.9 Å². The van der Waals surface area contributed by atoms with E-state index in [2.05, 4.69) is 18.8 Å². The van der Waals surface area contributed by atoms with Crippen molar-refractivity contribution in [3.05, 3.63) is 54.1 Å². The SMILES string of the molecule is CC(C)n1cccc1C(=O)N1CCCCC1c1nc2ccccc2[nH]1. The highest BCUT2D eigenvalue weighted by Crippen LogP contribution is 2.32. The van der Waals surface area contributed by atoms with E-state index in [9.17, 15) is 4.79 Å². The van der Waals surface area contributed by atoms with Gasteiger partial charge in [0.1, 0.15) is 11.5 Å². The van der Waals surface area contributed by atoms with Crippen molar-refractivity contribution in [1.82, 2.24) is 19.4 Å². The van der Waals surface area contributed by atoms with Gasteiger partial charge in [0.15, 0.2) is 0 Å². The van der Waals surface area contributed by atoms with Gasteiger partial charge in [0, 0.05) is 18.8 Å². The first-order valence-electron chi connectivity index (χ1n) is 9.07. The van der Waals surface area contributed by atoms with Crippen LogP contribution in [0.2, 0.25) is 0 Å². The molecule has 0 saturated carbocycles. The Labute approximate surface area is 147 Å². The van der Waals surface area contributed by atoms with E-state index in [1.54, 1.807) is 0 Å². The second-order valence-corrected chi connectivity index (χ2v) is 7.04. The molecule has 25 heavy (non-hydrogen) atoms. The molecule has 1 aliphatic rings. The van der Waals surface area contributed by atoms with E-state index >= 15 is 0 Å². The zero-order chi connectivity index (χ0) is 17.4. The van der Waals surface area contributed by atoms with Crippen LogP contribution in [0.25, 0.3) is 11.0 Å². The van der Waals surface area contributed by atoms with Gasteiger partial charge in [-0.25, -0.2) is 4.98 Å². The molecule has 1 aliphatic heterocycles. The Balaban J connectivity index is 1.69. The number of carbonyl (C=O) groups is 1. The number of para-hydroxylation sites is 2. The molecule has 3 aromatic rings. The molecule has 5 heteroatoms. The van der Waals surface area contributed by atoms with E-state index < -0.39 is 0 Å². The Kier molecular flexibility index (Phi) is 4.07. The van der Waals surface area contributed by atoms with Crippen molar-refractivity contribution in [2.75, 3.05) is 6.54 Å². The summed E-state index contributed by atoms with van der Waals surface area (Å²) >= 11 is 0. The molecule has 1 aromatic carbocycles. The molecule has 1 amide bonds. The van der Waals surface area contributed by atoms with Gasteiger partial charge < -0.3 is 14.5 Å². The average Bonchev–Trinajstić information content (AvgIpc) is 3.28. The molecule has 4 rings (SSSR count). The van der Waals surface area contributed by atoms with Crippen LogP contribution in [-0.2, 0) is 0 Å². The van der Waals surface area contributed by atoms with E-state index in [0.717, 1.165) is 48.4 Å². The third-order valence-corrected chi connectivity index (χ3v) is 5.04. The number of nitrogens with zero attached hydrogens (tertiary/aromatic N) is 3. The molecular formula is C20H24N4O. The Morgan fingerprint density at radius 2 is 2.04 bits per heavy atom. The summed E-state index contributed by atoms with van der Waals surface area (Å²) in [7, 11) is 0. The Morgan fingerprint density at radius 3 is 2.84 bits per heavy atom. The molecule has 1 fully saturated rings. The highest BCUT2D eigenvalue weighted by atomic mass is 16.2. The number of carbonyl (C=O) groups excluding carboxylic acids is 1. The molecule has 3 heterocycles. The number of rotatable bonds is 3. The largest absolute Gasteiger partial charge is 0.341 e. The number of likely N-dealkylation sites (tertiary alicyclic amines) is 1. The standard InChI is InChI=1S/C20H24N4O/c1-14(2)23-13-7-11-18(23)20(25)24-12-6-5-10-17(24)19-21-15-8-3-4-9-16(15)22-19/h3-4,7-9,11,13-14,17H,5-6,10,12H2,1-2H3,(H,21,22). The number of aromatic amines is 1. The van der Waals surface area contributed by atoms with Gasteiger partial charge in [-0.2, -0.15) is 0 Å². The molecule has 130 valence electrons. The Bertz CT molecular complexity index is 859. The van der Waals surface area contributed by atoms with Crippen LogP contribution in [0, 0.1) is 0 Å². The van der Waals surface area contributed by atoms with Gasteiger partial charge in [0.2, 0.25) is 0 Å². The molecule has 0 bridgehead atoms. The molecule has 0 spiro atoms. The highest BCUT2D eigenvalue weighted by Gasteiger charge is 2.32. The number of fused-ring (bicyclic) bond motifs is 1. The Morgan fingerprint density at radius 1 is 1.20 bits per heavy atom. The molecule has 5 nitrogen and oxygen atoms in total. The normalized spacial score (nSPS) is 18.2. The fourth-order valence-corrected chi connectivity index (χ4v) is 3.76. The average molecular weight is 336 g/mol. The predicted molar refractivity (Wildman–Crippen MR) is 98.5 cm³/mol. The van der Waals surface area contributed by atoms with Crippen LogP contribution in [0.5, 0.6) is 0 Å². The Hall–Kier alpha value is -2.56. The summed E-state index contributed by atoms with van der Waals surface area (Å²) in [6.45, 7) is 4.98. The summed E-state index contributed by atoms with van der Waals surface area (Å²) < 4.78 is 2.05. The third-order valence-electron chi connectivity index (χ3n) is 5.04. The molecule has 0 radical (unpaired) electrons. The number of imidazole rings is 1. The monoisotopic (exact) mass is 336 g/mol. The lowest BCUT2D eigenvalue weighted by Gasteiger charge is -2.35. The summed E-state index contributed by atoms with van der Waals surface area (Å²) in [5, 5.41) is 0. The predicted octanol–water partition coefficient (Wildman–Crippen LogP) is 4.31. The van der Waals surface area contributed by atoms with Crippen LogP contribution in [0.4, 0.5) is 0 Å². The van der Waals surface area contributed by atoms with Gasteiger partial charge in [-0.3, -0.25) is 4.79 Å². The van der Waals surface area contributed by atoms with Crippen molar-refractivity contribution in [3.63, 3.8) is 0 Å². The minimum absolute atomic E-state index is 0.0177. The number of hydrogen-bond donors (Lipinski definition) is 1. The fourth-order valence-electron chi connectivity index (χ4n) is 3.76. The lowest BCUT2D eigenvalue weighted by Crippen LogP contribution is -2.40. The van der Waals surface area contributed by atoms with Gasteiger partial charge >= 0.3 is 0 Å². The van der Waals surface area contributed by atoms with Crippen LogP contribution < -0.4 is 0 Å². The molecule has 1 N–H and O–H groups in total. The fraction of sp³-hybridized carbons (Fsp3) is 0.400. The number of nitrogens with one attached hydrogen (secondary N) is 1. The minimum atomic E-state index is 0.0177. The zero-order valence-electron chi connectivity index (χ0n) is 14.8. The maximum Gasteiger partial charge on any atom is 0.271 e. The summed E-state index contributed by atoms with van der Waals surface area (Å²) in [5.74, 6) is 1.00. The number of amides is 1. The lowest BCUT2D eigenvalue weighted by atomic mass is 10.0. The van der Waals surface area contributed by atoms with Crippen molar-refractivity contribution in [1.29, 1.82) is 0 Å². The van der Waals surface area contributed by atoms with Gasteiger partial charge in [0.05, 0.1) is 17.1 Å². The van der Waals surface area contributed by atoms with Crippen LogP contribution in [0.15, 0.2) is 42.6 Å². The number of benzene rings is 1. The lowest BCUT2D eigenvalue weighted by molar-refractivity contribution is 0.0588. The van der Waals surface area contributed by atoms with Crippen molar-refractivity contribution < 1.29 is 4.79 Å². The van der Waals surface area contributed by atoms with Crippen LogP contribution in [-0.4, -0.2) is 31.9 Å². The van der Waals surface area contributed by atoms with Gasteiger partial charge in [0.25, 0.3) is 5.91 Å². The smallest absolute Gasteiger partial charge is 0.271 e. The van der Waals surface area contributed by atoms with Crippen molar-refractivity contribution in [2.24, 2.45) is 0 Å². The van der Waals surface area contributed by atoms with Crippen molar-refractivity contribution in [2.45, 2.75) is 45.2 Å². The molecule has 1 unspecified atom stereocenters. The quantitative estimate of drug-likeness (QED) is 0.775. The van der Waals surface area contributed by atoms with Crippen LogP contribution in [0.3, 0.4) is 0 Å². The first-order chi connectivity index (χ1) is 12.1. The summed E-state index contributed by atoms with van der Waals surface area (Å²) in [6.07, 6.45) is 5.10. The maximum atomic E-state index is 13.2. The summed E-state index contributed by atoms with van der Waals surface area (Å²) in [6, 6.07) is 12.2.